The van der Waals surface area contributed by atoms with E-state index in [1.807, 2.05) is 0 Å². The highest BCUT2D eigenvalue weighted by atomic mass is 32.1. The Morgan fingerprint density at radius 2 is 2.47 bits per heavy atom. The molecule has 2 atom stereocenters. The van der Waals surface area contributed by atoms with Crippen molar-refractivity contribution in [3.8, 4) is 0 Å². The van der Waals surface area contributed by atoms with Crippen molar-refractivity contribution in [2.24, 2.45) is 0 Å². The van der Waals surface area contributed by atoms with Crippen LogP contribution >= 0.6 is 11.3 Å². The molecule has 1 fully saturated rings. The summed E-state index contributed by atoms with van der Waals surface area (Å²) in [6, 6.07) is 1.01. The highest BCUT2D eigenvalue weighted by Crippen LogP contribution is 2.18. The average Bonchev–Trinajstić information content (AvgIpc) is 2.75. The van der Waals surface area contributed by atoms with Crippen LogP contribution in [-0.2, 0) is 0 Å². The molecule has 1 aliphatic rings. The molecule has 4 heteroatoms. The SMILES string of the molecule is Cc1nc(C(C)NC2CCN(C)C2)cs1. The maximum absolute atomic E-state index is 4.51. The summed E-state index contributed by atoms with van der Waals surface area (Å²) in [5.41, 5.74) is 1.19. The van der Waals surface area contributed by atoms with Gasteiger partial charge in [0.05, 0.1) is 10.7 Å². The van der Waals surface area contributed by atoms with Gasteiger partial charge in [0.1, 0.15) is 0 Å². The van der Waals surface area contributed by atoms with Crippen molar-refractivity contribution in [2.45, 2.75) is 32.4 Å². The highest BCUT2D eigenvalue weighted by Gasteiger charge is 2.21. The van der Waals surface area contributed by atoms with Crippen molar-refractivity contribution < 1.29 is 0 Å². The summed E-state index contributed by atoms with van der Waals surface area (Å²) in [7, 11) is 2.18. The Hall–Kier alpha value is -0.450. The number of likely N-dealkylation sites (N-methyl/N-ethyl adjacent to an activating group) is 1. The van der Waals surface area contributed by atoms with Crippen LogP contribution in [0.1, 0.15) is 30.1 Å². The van der Waals surface area contributed by atoms with Crippen LogP contribution < -0.4 is 5.32 Å². The molecule has 1 N–H and O–H groups in total. The topological polar surface area (TPSA) is 28.2 Å². The first-order chi connectivity index (χ1) is 7.15. The molecule has 15 heavy (non-hydrogen) atoms. The predicted octanol–water partition coefficient (Wildman–Crippen LogP) is 1.81. The van der Waals surface area contributed by atoms with E-state index >= 15 is 0 Å². The normalized spacial score (nSPS) is 24.6. The van der Waals surface area contributed by atoms with E-state index in [9.17, 15) is 0 Å². The van der Waals surface area contributed by atoms with E-state index < -0.39 is 0 Å². The molecule has 3 nitrogen and oxygen atoms in total. The molecule has 2 rings (SSSR count). The zero-order chi connectivity index (χ0) is 10.8. The number of likely N-dealkylation sites (tertiary alicyclic amines) is 1. The van der Waals surface area contributed by atoms with Crippen LogP contribution in [-0.4, -0.2) is 36.1 Å². The lowest BCUT2D eigenvalue weighted by molar-refractivity contribution is 0.386. The third-order valence-corrected chi connectivity index (χ3v) is 3.75. The second kappa shape index (κ2) is 4.60. The van der Waals surface area contributed by atoms with Crippen LogP contribution in [0.3, 0.4) is 0 Å². The summed E-state index contributed by atoms with van der Waals surface area (Å²) in [6.45, 7) is 6.63. The van der Waals surface area contributed by atoms with Crippen molar-refractivity contribution in [3.05, 3.63) is 16.1 Å². The molecular formula is C11H19N3S. The van der Waals surface area contributed by atoms with Gasteiger partial charge in [0.25, 0.3) is 0 Å². The number of hydrogen-bond acceptors (Lipinski definition) is 4. The number of thiazole rings is 1. The van der Waals surface area contributed by atoms with Gasteiger partial charge in [-0.3, -0.25) is 0 Å². The molecule has 1 saturated heterocycles. The van der Waals surface area contributed by atoms with E-state index in [0.717, 1.165) is 11.6 Å². The minimum atomic E-state index is 0.381. The van der Waals surface area contributed by atoms with Gasteiger partial charge in [-0.15, -0.1) is 11.3 Å². The van der Waals surface area contributed by atoms with E-state index in [-0.39, 0.29) is 0 Å². The Balaban J connectivity index is 1.89. The molecule has 0 aliphatic carbocycles. The van der Waals surface area contributed by atoms with Gasteiger partial charge in [0.15, 0.2) is 0 Å². The van der Waals surface area contributed by atoms with Crippen LogP contribution in [0, 0.1) is 6.92 Å². The smallest absolute Gasteiger partial charge is 0.0898 e. The summed E-state index contributed by atoms with van der Waals surface area (Å²) in [4.78, 5) is 6.89. The number of nitrogens with zero attached hydrogens (tertiary/aromatic N) is 2. The summed E-state index contributed by atoms with van der Waals surface area (Å²) in [6.07, 6.45) is 1.25. The predicted molar refractivity (Wildman–Crippen MR) is 64.3 cm³/mol. The lowest BCUT2D eigenvalue weighted by atomic mass is 10.2. The molecule has 1 aromatic heterocycles. The highest BCUT2D eigenvalue weighted by molar-refractivity contribution is 7.09. The van der Waals surface area contributed by atoms with Gasteiger partial charge < -0.3 is 10.2 Å². The molecule has 0 amide bonds. The maximum atomic E-state index is 4.51. The summed E-state index contributed by atoms with van der Waals surface area (Å²) in [5, 5.41) is 6.95. The molecule has 0 radical (unpaired) electrons. The second-order valence-corrected chi connectivity index (χ2v) is 5.49. The fraction of sp³-hybridized carbons (Fsp3) is 0.727. The monoisotopic (exact) mass is 225 g/mol. The van der Waals surface area contributed by atoms with E-state index in [4.69, 9.17) is 0 Å². The number of aromatic nitrogens is 1. The number of nitrogens with one attached hydrogen (secondary N) is 1. The van der Waals surface area contributed by atoms with Crippen LogP contribution in [0.25, 0.3) is 0 Å². The molecule has 1 aliphatic heterocycles. The third-order valence-electron chi connectivity index (χ3n) is 2.96. The Bertz CT molecular complexity index is 323. The van der Waals surface area contributed by atoms with Crippen molar-refractivity contribution in [1.82, 2.24) is 15.2 Å². The van der Waals surface area contributed by atoms with E-state index in [1.165, 1.54) is 18.7 Å². The van der Waals surface area contributed by atoms with E-state index in [0.29, 0.717) is 12.1 Å². The first-order valence-electron chi connectivity index (χ1n) is 5.52. The van der Waals surface area contributed by atoms with Crippen LogP contribution in [0.15, 0.2) is 5.38 Å². The summed E-state index contributed by atoms with van der Waals surface area (Å²) in [5.74, 6) is 0. The second-order valence-electron chi connectivity index (χ2n) is 4.43. The molecule has 0 aromatic carbocycles. The van der Waals surface area contributed by atoms with Crippen molar-refractivity contribution in [2.75, 3.05) is 20.1 Å². The van der Waals surface area contributed by atoms with Gasteiger partial charge in [-0.2, -0.15) is 0 Å². The van der Waals surface area contributed by atoms with E-state index in [2.05, 4.69) is 41.5 Å². The van der Waals surface area contributed by atoms with Crippen LogP contribution in [0.4, 0.5) is 0 Å². The molecule has 2 heterocycles. The summed E-state index contributed by atoms with van der Waals surface area (Å²) >= 11 is 1.73. The minimum absolute atomic E-state index is 0.381. The Kier molecular flexibility index (Phi) is 3.38. The van der Waals surface area contributed by atoms with Crippen molar-refractivity contribution in [3.63, 3.8) is 0 Å². The van der Waals surface area contributed by atoms with Crippen LogP contribution in [0.5, 0.6) is 0 Å². The van der Waals surface area contributed by atoms with Gasteiger partial charge in [-0.1, -0.05) is 0 Å². The van der Waals surface area contributed by atoms with Gasteiger partial charge in [-0.25, -0.2) is 4.98 Å². The lowest BCUT2D eigenvalue weighted by Crippen LogP contribution is -2.33. The van der Waals surface area contributed by atoms with Gasteiger partial charge in [0.2, 0.25) is 0 Å². The molecule has 0 bridgehead atoms. The molecule has 0 spiro atoms. The molecule has 1 aromatic rings. The molecule has 84 valence electrons. The van der Waals surface area contributed by atoms with Gasteiger partial charge >= 0.3 is 0 Å². The van der Waals surface area contributed by atoms with E-state index in [1.54, 1.807) is 11.3 Å². The number of aryl methyl sites for hydroxylation is 1. The number of rotatable bonds is 3. The third kappa shape index (κ3) is 2.77. The van der Waals surface area contributed by atoms with Gasteiger partial charge in [0, 0.05) is 24.0 Å². The maximum Gasteiger partial charge on any atom is 0.0898 e. The number of hydrogen-bond donors (Lipinski definition) is 1. The first kappa shape index (κ1) is 11.0. The fourth-order valence-electron chi connectivity index (χ4n) is 2.09. The Morgan fingerprint density at radius 3 is 3.00 bits per heavy atom. The molecular weight excluding hydrogens is 206 g/mol. The molecule has 2 unspecified atom stereocenters. The van der Waals surface area contributed by atoms with Crippen molar-refractivity contribution in [1.29, 1.82) is 0 Å². The largest absolute Gasteiger partial charge is 0.305 e. The Labute approximate surface area is 95.5 Å². The van der Waals surface area contributed by atoms with Crippen LogP contribution in [0.2, 0.25) is 0 Å². The zero-order valence-corrected chi connectivity index (χ0v) is 10.5. The zero-order valence-electron chi connectivity index (χ0n) is 9.66. The van der Waals surface area contributed by atoms with Gasteiger partial charge in [-0.05, 0) is 33.9 Å². The minimum Gasteiger partial charge on any atom is -0.305 e. The average molecular weight is 225 g/mol. The molecule has 0 saturated carbocycles. The first-order valence-corrected chi connectivity index (χ1v) is 6.39. The standard InChI is InChI=1S/C11H19N3S/c1-8(11-7-15-9(2)13-11)12-10-4-5-14(3)6-10/h7-8,10,12H,4-6H2,1-3H3. The summed E-state index contributed by atoms with van der Waals surface area (Å²) < 4.78 is 0. The lowest BCUT2D eigenvalue weighted by Gasteiger charge is -2.17. The Morgan fingerprint density at radius 1 is 1.67 bits per heavy atom. The quantitative estimate of drug-likeness (QED) is 0.850. The van der Waals surface area contributed by atoms with Crippen molar-refractivity contribution >= 4 is 11.3 Å². The fourth-order valence-corrected chi connectivity index (χ4v) is 2.80.